The minimum absolute atomic E-state index is 0.230. The van der Waals surface area contributed by atoms with Gasteiger partial charge in [-0.05, 0) is 23.6 Å². The second-order valence-electron chi connectivity index (χ2n) is 4.68. The Morgan fingerprint density at radius 2 is 1.65 bits per heavy atom. The van der Waals surface area contributed by atoms with Crippen molar-refractivity contribution in [2.24, 2.45) is 5.73 Å². The summed E-state index contributed by atoms with van der Waals surface area (Å²) in [6, 6.07) is 18.2. The maximum Gasteiger partial charge on any atom is 0.0487 e. The van der Waals surface area contributed by atoms with E-state index in [0.29, 0.717) is 5.92 Å². The van der Waals surface area contributed by atoms with Gasteiger partial charge >= 0.3 is 0 Å². The number of halogens is 1. The van der Waals surface area contributed by atoms with Gasteiger partial charge in [0.1, 0.15) is 0 Å². The highest BCUT2D eigenvalue weighted by molar-refractivity contribution is 6.31. The lowest BCUT2D eigenvalue weighted by Crippen LogP contribution is -2.21. The lowest BCUT2D eigenvalue weighted by atomic mass is 9.99. The predicted octanol–water partition coefficient (Wildman–Crippen LogP) is 3.68. The van der Waals surface area contributed by atoms with Crippen LogP contribution in [0.1, 0.15) is 23.5 Å². The molecule has 2 atom stereocenters. The zero-order valence-corrected chi connectivity index (χ0v) is 10.2. The van der Waals surface area contributed by atoms with Crippen molar-refractivity contribution in [1.29, 1.82) is 0 Å². The molecule has 1 aliphatic carbocycles. The molecule has 2 aromatic rings. The minimum Gasteiger partial charge on any atom is -0.321 e. The molecule has 1 nitrogen and oxygen atoms in total. The summed E-state index contributed by atoms with van der Waals surface area (Å²) in [4.78, 5) is 0. The van der Waals surface area contributed by atoms with Gasteiger partial charge in [-0.1, -0.05) is 60.1 Å². The number of nitrogens with two attached hydrogens (primary N) is 1. The van der Waals surface area contributed by atoms with E-state index in [9.17, 15) is 0 Å². The Morgan fingerprint density at radius 1 is 1.00 bits per heavy atom. The van der Waals surface area contributed by atoms with Crippen LogP contribution in [0.3, 0.4) is 0 Å². The Labute approximate surface area is 106 Å². The Morgan fingerprint density at radius 3 is 2.35 bits per heavy atom. The van der Waals surface area contributed by atoms with Crippen LogP contribution in [0.4, 0.5) is 0 Å². The highest BCUT2D eigenvalue weighted by atomic mass is 35.5. The van der Waals surface area contributed by atoms with Crippen LogP contribution in [0.25, 0.3) is 0 Å². The molecule has 2 N–H and O–H groups in total. The van der Waals surface area contributed by atoms with Crippen LogP contribution in [0, 0.1) is 0 Å². The van der Waals surface area contributed by atoms with Gasteiger partial charge in [0.25, 0.3) is 0 Å². The van der Waals surface area contributed by atoms with Gasteiger partial charge in [-0.2, -0.15) is 0 Å². The molecule has 2 aromatic carbocycles. The lowest BCUT2D eigenvalue weighted by Gasteiger charge is -2.12. The highest BCUT2D eigenvalue weighted by Crippen LogP contribution is 2.57. The summed E-state index contributed by atoms with van der Waals surface area (Å²) in [6.45, 7) is 0. The fraction of sp³-hybridized carbons (Fsp3) is 0.200. The van der Waals surface area contributed by atoms with Gasteiger partial charge in [0.2, 0.25) is 0 Å². The van der Waals surface area contributed by atoms with Crippen molar-refractivity contribution in [3.05, 3.63) is 70.7 Å². The topological polar surface area (TPSA) is 26.0 Å². The van der Waals surface area contributed by atoms with E-state index in [0.717, 1.165) is 11.4 Å². The van der Waals surface area contributed by atoms with E-state index in [-0.39, 0.29) is 5.54 Å². The van der Waals surface area contributed by atoms with Crippen molar-refractivity contribution >= 4 is 11.6 Å². The third-order valence-corrected chi connectivity index (χ3v) is 3.94. The van der Waals surface area contributed by atoms with Crippen molar-refractivity contribution in [2.75, 3.05) is 0 Å². The minimum atomic E-state index is -0.230. The third-order valence-electron chi connectivity index (χ3n) is 3.60. The second kappa shape index (κ2) is 3.86. The maximum absolute atomic E-state index is 6.45. The summed E-state index contributed by atoms with van der Waals surface area (Å²) in [5, 5.41) is 0.820. The normalized spacial score (nSPS) is 26.8. The van der Waals surface area contributed by atoms with Crippen molar-refractivity contribution in [3.63, 3.8) is 0 Å². The van der Waals surface area contributed by atoms with Gasteiger partial charge in [0, 0.05) is 16.5 Å². The molecule has 86 valence electrons. The largest absolute Gasteiger partial charge is 0.321 e. The van der Waals surface area contributed by atoms with E-state index in [1.165, 1.54) is 11.1 Å². The molecule has 1 saturated carbocycles. The Bertz CT molecular complexity index is 538. The maximum atomic E-state index is 6.45. The second-order valence-corrected chi connectivity index (χ2v) is 5.09. The van der Waals surface area contributed by atoms with Gasteiger partial charge in [-0.3, -0.25) is 0 Å². The fourth-order valence-corrected chi connectivity index (χ4v) is 2.76. The van der Waals surface area contributed by atoms with E-state index in [1.54, 1.807) is 0 Å². The molecule has 0 heterocycles. The summed E-state index contributed by atoms with van der Waals surface area (Å²) in [5.74, 6) is 0.346. The van der Waals surface area contributed by atoms with Crippen LogP contribution in [0.15, 0.2) is 54.6 Å². The molecule has 17 heavy (non-hydrogen) atoms. The van der Waals surface area contributed by atoms with E-state index in [4.69, 9.17) is 17.3 Å². The SMILES string of the molecule is NC1(c2ccccc2)CC1c1ccccc1Cl. The van der Waals surface area contributed by atoms with Crippen molar-refractivity contribution in [3.8, 4) is 0 Å². The summed E-state index contributed by atoms with van der Waals surface area (Å²) < 4.78 is 0. The monoisotopic (exact) mass is 243 g/mol. The average Bonchev–Trinajstić information content (AvgIpc) is 3.05. The van der Waals surface area contributed by atoms with Crippen LogP contribution in [0.2, 0.25) is 5.02 Å². The first kappa shape index (κ1) is 10.8. The smallest absolute Gasteiger partial charge is 0.0487 e. The van der Waals surface area contributed by atoms with Crippen molar-refractivity contribution in [2.45, 2.75) is 17.9 Å². The Hall–Kier alpha value is -1.31. The molecule has 0 aromatic heterocycles. The number of hydrogen-bond acceptors (Lipinski definition) is 1. The number of rotatable bonds is 2. The van der Waals surface area contributed by atoms with Crippen molar-refractivity contribution < 1.29 is 0 Å². The third kappa shape index (κ3) is 1.76. The summed E-state index contributed by atoms with van der Waals surface area (Å²) in [5.41, 5.74) is 8.59. The van der Waals surface area contributed by atoms with E-state index in [1.807, 2.05) is 36.4 Å². The van der Waals surface area contributed by atoms with Gasteiger partial charge in [-0.15, -0.1) is 0 Å². The predicted molar refractivity (Wildman–Crippen MR) is 71.1 cm³/mol. The first-order valence-corrected chi connectivity index (χ1v) is 6.18. The van der Waals surface area contributed by atoms with Gasteiger partial charge in [-0.25, -0.2) is 0 Å². The van der Waals surface area contributed by atoms with Crippen LogP contribution in [-0.2, 0) is 5.54 Å². The summed E-state index contributed by atoms with van der Waals surface area (Å²) >= 11 is 6.22. The molecule has 0 amide bonds. The fourth-order valence-electron chi connectivity index (χ4n) is 2.49. The van der Waals surface area contributed by atoms with Crippen molar-refractivity contribution in [1.82, 2.24) is 0 Å². The van der Waals surface area contributed by atoms with Crippen LogP contribution >= 0.6 is 11.6 Å². The molecule has 0 saturated heterocycles. The molecule has 0 radical (unpaired) electrons. The Balaban J connectivity index is 1.94. The standard InChI is InChI=1S/C15H14ClN/c16-14-9-5-4-8-12(14)13-10-15(13,17)11-6-2-1-3-7-11/h1-9,13H,10,17H2. The molecule has 1 fully saturated rings. The highest BCUT2D eigenvalue weighted by Gasteiger charge is 2.53. The lowest BCUT2D eigenvalue weighted by molar-refractivity contribution is 0.706. The quantitative estimate of drug-likeness (QED) is 0.856. The molecule has 1 aliphatic rings. The zero-order valence-electron chi connectivity index (χ0n) is 9.44. The molecular weight excluding hydrogens is 230 g/mol. The van der Waals surface area contributed by atoms with Gasteiger partial charge in [0.05, 0.1) is 0 Å². The van der Waals surface area contributed by atoms with Crippen LogP contribution < -0.4 is 5.73 Å². The van der Waals surface area contributed by atoms with Gasteiger partial charge < -0.3 is 5.73 Å². The average molecular weight is 244 g/mol. The summed E-state index contributed by atoms with van der Waals surface area (Å²) in [7, 11) is 0. The van der Waals surface area contributed by atoms with Crippen LogP contribution in [-0.4, -0.2) is 0 Å². The zero-order chi connectivity index (χ0) is 11.9. The number of hydrogen-bond donors (Lipinski definition) is 1. The van der Waals surface area contributed by atoms with E-state index in [2.05, 4.69) is 18.2 Å². The van der Waals surface area contributed by atoms with Gasteiger partial charge in [0.15, 0.2) is 0 Å². The molecule has 3 rings (SSSR count). The molecule has 2 unspecified atom stereocenters. The first-order valence-electron chi connectivity index (χ1n) is 5.80. The van der Waals surface area contributed by atoms with Crippen LogP contribution in [0.5, 0.6) is 0 Å². The molecule has 0 aliphatic heterocycles. The molecule has 2 heteroatoms. The first-order chi connectivity index (χ1) is 8.22. The van der Waals surface area contributed by atoms with E-state index < -0.39 is 0 Å². The van der Waals surface area contributed by atoms with E-state index >= 15 is 0 Å². The molecule has 0 bridgehead atoms. The Kier molecular flexibility index (Phi) is 2.46. The number of benzene rings is 2. The molecule has 0 spiro atoms. The summed E-state index contributed by atoms with van der Waals surface area (Å²) in [6.07, 6.45) is 0.973. The molecular formula is C15H14ClN.